The molecule has 0 atom stereocenters. The first-order valence-corrected chi connectivity index (χ1v) is 16.9. The van der Waals surface area contributed by atoms with E-state index in [1.165, 1.54) is 25.6 Å². The second-order valence-corrected chi connectivity index (χ2v) is 13.4. The molecule has 0 radical (unpaired) electrons. The third-order valence-electron chi connectivity index (χ3n) is 9.77. The largest absolute Gasteiger partial charge is 0.309 e. The summed E-state index contributed by atoms with van der Waals surface area (Å²) in [5.74, 6) is 0. The average molecular weight is 641 g/mol. The van der Waals surface area contributed by atoms with Gasteiger partial charge in [-0.05, 0) is 65.4 Å². The van der Waals surface area contributed by atoms with Gasteiger partial charge in [-0.2, -0.15) is 5.26 Å². The zero-order valence-electron chi connectivity index (χ0n) is 26.1. The van der Waals surface area contributed by atoms with Crippen molar-refractivity contribution >= 4 is 80.8 Å². The van der Waals surface area contributed by atoms with Gasteiger partial charge in [0.25, 0.3) is 0 Å². The van der Waals surface area contributed by atoms with Gasteiger partial charge in [0.05, 0.1) is 51.6 Å². The zero-order chi connectivity index (χ0) is 32.6. The second-order valence-electron chi connectivity index (χ2n) is 12.3. The van der Waals surface area contributed by atoms with Crippen LogP contribution in [-0.4, -0.2) is 9.13 Å². The maximum absolute atomic E-state index is 9.70. The first kappa shape index (κ1) is 27.5. The highest BCUT2D eigenvalue weighted by molar-refractivity contribution is 7.26. The van der Waals surface area contributed by atoms with Crippen LogP contribution in [0.25, 0.3) is 91.1 Å². The first-order chi connectivity index (χ1) is 24.2. The van der Waals surface area contributed by atoms with Gasteiger partial charge in [0.15, 0.2) is 5.69 Å². The Morgan fingerprint density at radius 1 is 0.531 bits per heavy atom. The highest BCUT2D eigenvalue weighted by Gasteiger charge is 2.21. The summed E-state index contributed by atoms with van der Waals surface area (Å²) in [6.07, 6.45) is 0. The number of hydrogen-bond acceptors (Lipinski definition) is 2. The van der Waals surface area contributed by atoms with Crippen LogP contribution in [0.5, 0.6) is 0 Å². The molecule has 7 aromatic carbocycles. The lowest BCUT2D eigenvalue weighted by Crippen LogP contribution is -2.01. The van der Waals surface area contributed by atoms with Gasteiger partial charge in [-0.25, -0.2) is 4.85 Å². The first-order valence-electron chi connectivity index (χ1n) is 16.1. The Hall–Kier alpha value is -6.66. The molecule has 49 heavy (non-hydrogen) atoms. The van der Waals surface area contributed by atoms with Gasteiger partial charge in [0.1, 0.15) is 0 Å². The number of benzene rings is 7. The Morgan fingerprint density at radius 3 is 1.88 bits per heavy atom. The molecular formula is C44H24N4S. The van der Waals surface area contributed by atoms with Gasteiger partial charge in [-0.1, -0.05) is 91.0 Å². The van der Waals surface area contributed by atoms with Crippen molar-refractivity contribution in [3.8, 4) is 28.6 Å². The number of thiophene rings is 1. The molecule has 0 bridgehead atoms. The minimum atomic E-state index is 0.653. The van der Waals surface area contributed by atoms with Gasteiger partial charge in [-0.15, -0.1) is 11.3 Å². The van der Waals surface area contributed by atoms with Crippen molar-refractivity contribution in [2.24, 2.45) is 0 Å². The molecule has 4 nitrogen and oxygen atoms in total. The minimum absolute atomic E-state index is 0.653. The fourth-order valence-corrected chi connectivity index (χ4v) is 8.94. The van der Waals surface area contributed by atoms with E-state index in [-0.39, 0.29) is 0 Å². The van der Waals surface area contributed by atoms with Crippen molar-refractivity contribution in [1.29, 1.82) is 5.26 Å². The maximum Gasteiger partial charge on any atom is 0.187 e. The lowest BCUT2D eigenvalue weighted by molar-refractivity contribution is 1.16. The van der Waals surface area contributed by atoms with Gasteiger partial charge in [0.2, 0.25) is 0 Å². The van der Waals surface area contributed by atoms with Crippen molar-refractivity contribution in [2.45, 2.75) is 0 Å². The molecule has 3 heterocycles. The molecule has 3 aromatic heterocycles. The highest BCUT2D eigenvalue weighted by Crippen LogP contribution is 2.46. The predicted octanol–water partition coefficient (Wildman–Crippen LogP) is 12.3. The standard InChI is InChI=1S/C44H24N4S/c1-46-28-19-23-42-35(25-28)32-20-22-41-43(44(32)49-42)33-13-5-9-17-39(33)48(41)37-15-7-3-11-30(37)29-10-2-6-14-36(29)47-38-16-8-4-12-31(38)34-24-27(26-45)18-21-40(34)47/h2-25H. The molecule has 0 amide bonds. The summed E-state index contributed by atoms with van der Waals surface area (Å²) < 4.78 is 7.18. The van der Waals surface area contributed by atoms with Crippen molar-refractivity contribution < 1.29 is 0 Å². The van der Waals surface area contributed by atoms with Crippen LogP contribution in [0, 0.1) is 17.9 Å². The predicted molar refractivity (Wildman–Crippen MR) is 204 cm³/mol. The number of nitriles is 1. The molecule has 0 aliphatic heterocycles. The van der Waals surface area contributed by atoms with Crippen molar-refractivity contribution in [3.05, 3.63) is 163 Å². The maximum atomic E-state index is 9.70. The van der Waals surface area contributed by atoms with Crippen molar-refractivity contribution in [3.63, 3.8) is 0 Å². The van der Waals surface area contributed by atoms with Crippen LogP contribution in [0.4, 0.5) is 5.69 Å². The van der Waals surface area contributed by atoms with E-state index in [4.69, 9.17) is 6.57 Å². The fraction of sp³-hybridized carbons (Fsp3) is 0. The SMILES string of the molecule is [C-]#[N+]c1ccc2sc3c(ccc4c3c3ccccc3n4-c3ccccc3-c3ccccc3-n3c4ccccc4c4cc(C#N)ccc43)c2c1. The van der Waals surface area contributed by atoms with E-state index in [1.807, 2.05) is 24.3 Å². The van der Waals surface area contributed by atoms with Gasteiger partial charge < -0.3 is 9.13 Å². The minimum Gasteiger partial charge on any atom is -0.309 e. The number of rotatable bonds is 3. The molecule has 10 aromatic rings. The van der Waals surface area contributed by atoms with Gasteiger partial charge >= 0.3 is 0 Å². The van der Waals surface area contributed by atoms with E-state index in [1.54, 1.807) is 11.3 Å². The van der Waals surface area contributed by atoms with Crippen LogP contribution in [0.1, 0.15) is 5.56 Å². The number of para-hydroxylation sites is 4. The van der Waals surface area contributed by atoms with Crippen molar-refractivity contribution in [2.75, 3.05) is 0 Å². The molecule has 226 valence electrons. The molecule has 0 aliphatic rings. The van der Waals surface area contributed by atoms with E-state index in [0.717, 1.165) is 60.7 Å². The normalized spacial score (nSPS) is 11.6. The number of nitrogens with zero attached hydrogens (tertiary/aromatic N) is 4. The average Bonchev–Trinajstić information content (AvgIpc) is 3.81. The Morgan fingerprint density at radius 2 is 1.14 bits per heavy atom. The molecule has 0 unspecified atom stereocenters. The van der Waals surface area contributed by atoms with Crippen LogP contribution in [0.15, 0.2) is 146 Å². The zero-order valence-corrected chi connectivity index (χ0v) is 26.9. The molecule has 10 rings (SSSR count). The Balaban J connectivity index is 1.28. The smallest absolute Gasteiger partial charge is 0.187 e. The Bertz CT molecular complexity index is 3090. The quantitative estimate of drug-likeness (QED) is 0.177. The Labute approximate surface area is 285 Å². The van der Waals surface area contributed by atoms with E-state index in [9.17, 15) is 5.26 Å². The second kappa shape index (κ2) is 10.4. The van der Waals surface area contributed by atoms with Crippen LogP contribution in [0.3, 0.4) is 0 Å². The topological polar surface area (TPSA) is 38.0 Å². The number of fused-ring (bicyclic) bond motifs is 10. The van der Waals surface area contributed by atoms with Crippen LogP contribution in [-0.2, 0) is 0 Å². The highest BCUT2D eigenvalue weighted by atomic mass is 32.1. The van der Waals surface area contributed by atoms with E-state index in [0.29, 0.717) is 11.3 Å². The summed E-state index contributed by atoms with van der Waals surface area (Å²) in [5, 5.41) is 16.7. The summed E-state index contributed by atoms with van der Waals surface area (Å²) in [6.45, 7) is 7.58. The summed E-state index contributed by atoms with van der Waals surface area (Å²) in [5.41, 5.74) is 10.2. The van der Waals surface area contributed by atoms with Crippen molar-refractivity contribution in [1.82, 2.24) is 9.13 Å². The monoisotopic (exact) mass is 640 g/mol. The van der Waals surface area contributed by atoms with Gasteiger partial charge in [0, 0.05) is 42.1 Å². The lowest BCUT2D eigenvalue weighted by atomic mass is 10.0. The molecule has 5 heteroatoms. The molecule has 0 saturated heterocycles. The summed E-state index contributed by atoms with van der Waals surface area (Å²) >= 11 is 1.80. The van der Waals surface area contributed by atoms with E-state index >= 15 is 0 Å². The summed E-state index contributed by atoms with van der Waals surface area (Å²) in [7, 11) is 0. The molecule has 0 N–H and O–H groups in total. The number of aromatic nitrogens is 2. The van der Waals surface area contributed by atoms with E-state index < -0.39 is 0 Å². The fourth-order valence-electron chi connectivity index (χ4n) is 7.70. The molecule has 0 spiro atoms. The lowest BCUT2D eigenvalue weighted by Gasteiger charge is -2.18. The molecule has 0 fully saturated rings. The van der Waals surface area contributed by atoms with Gasteiger partial charge in [-0.3, -0.25) is 0 Å². The summed E-state index contributed by atoms with van der Waals surface area (Å²) in [6, 6.07) is 53.2. The van der Waals surface area contributed by atoms with E-state index in [2.05, 4.69) is 141 Å². The third-order valence-corrected chi connectivity index (χ3v) is 11.0. The molecule has 0 aliphatic carbocycles. The van der Waals surface area contributed by atoms with Crippen LogP contribution >= 0.6 is 11.3 Å². The third kappa shape index (κ3) is 3.88. The summed E-state index contributed by atoms with van der Waals surface area (Å²) in [4.78, 5) is 3.70. The molecular weight excluding hydrogens is 617 g/mol. The molecule has 0 saturated carbocycles. The number of hydrogen-bond donors (Lipinski definition) is 0. The van der Waals surface area contributed by atoms with Crippen LogP contribution < -0.4 is 0 Å². The van der Waals surface area contributed by atoms with Crippen LogP contribution in [0.2, 0.25) is 0 Å². The Kier molecular flexibility index (Phi) is 5.84.